The first-order valence-corrected chi connectivity index (χ1v) is 9.49. The summed E-state index contributed by atoms with van der Waals surface area (Å²) in [4.78, 5) is 51.4. The molecular formula is C19H19F3N4O4. The van der Waals surface area contributed by atoms with Crippen LogP contribution in [-0.4, -0.2) is 53.8 Å². The smallest absolute Gasteiger partial charge is 0.342 e. The number of hydrogen-bond acceptors (Lipinski definition) is 4. The molecule has 1 atom stereocenters. The maximum absolute atomic E-state index is 13.0. The van der Waals surface area contributed by atoms with Crippen molar-refractivity contribution in [3.63, 3.8) is 0 Å². The van der Waals surface area contributed by atoms with Gasteiger partial charge in [-0.2, -0.15) is 13.2 Å². The molecule has 1 aromatic rings. The Bertz CT molecular complexity index is 925. The van der Waals surface area contributed by atoms with Gasteiger partial charge in [0.05, 0.1) is 11.5 Å². The Hall–Kier alpha value is -3.11. The van der Waals surface area contributed by atoms with Crippen LogP contribution in [0.3, 0.4) is 0 Å². The molecule has 0 aliphatic carbocycles. The molecule has 11 heteroatoms. The molecule has 5 amide bonds. The molecule has 4 rings (SSSR count). The van der Waals surface area contributed by atoms with Crippen LogP contribution in [0.1, 0.15) is 24.8 Å². The Morgan fingerprint density at radius 3 is 2.43 bits per heavy atom. The molecule has 8 nitrogen and oxygen atoms in total. The third-order valence-corrected chi connectivity index (χ3v) is 5.90. The van der Waals surface area contributed by atoms with E-state index in [0.29, 0.717) is 0 Å². The molecule has 2 N–H and O–H groups in total. The number of rotatable bonds is 2. The molecule has 3 heterocycles. The number of piperidine rings is 1. The third-order valence-electron chi connectivity index (χ3n) is 5.90. The summed E-state index contributed by atoms with van der Waals surface area (Å²) >= 11 is 0. The van der Waals surface area contributed by atoms with Gasteiger partial charge in [-0.15, -0.1) is 0 Å². The zero-order valence-electron chi connectivity index (χ0n) is 15.8. The van der Waals surface area contributed by atoms with Gasteiger partial charge in [-0.25, -0.2) is 4.79 Å². The van der Waals surface area contributed by atoms with E-state index in [4.69, 9.17) is 0 Å². The lowest BCUT2D eigenvalue weighted by Gasteiger charge is -2.37. The lowest BCUT2D eigenvalue weighted by molar-refractivity contribution is -0.139. The van der Waals surface area contributed by atoms with Crippen molar-refractivity contribution < 1.29 is 32.3 Å². The summed E-state index contributed by atoms with van der Waals surface area (Å²) in [5.41, 5.74) is -1.77. The average Bonchev–Trinajstić information content (AvgIpc) is 3.21. The minimum absolute atomic E-state index is 0.00214. The molecule has 0 saturated carbocycles. The van der Waals surface area contributed by atoms with Crippen molar-refractivity contribution in [2.24, 2.45) is 5.92 Å². The van der Waals surface area contributed by atoms with Crippen LogP contribution in [0.2, 0.25) is 0 Å². The molecule has 30 heavy (non-hydrogen) atoms. The van der Waals surface area contributed by atoms with E-state index in [9.17, 15) is 32.3 Å². The number of nitrogens with zero attached hydrogens (tertiary/aromatic N) is 2. The molecule has 3 aliphatic rings. The fourth-order valence-corrected chi connectivity index (χ4v) is 4.22. The zero-order chi connectivity index (χ0) is 21.7. The van der Waals surface area contributed by atoms with Crippen LogP contribution < -0.4 is 15.5 Å². The number of carbonyl (C=O) groups excluding carboxylic acids is 4. The van der Waals surface area contributed by atoms with E-state index < -0.39 is 41.0 Å². The first kappa shape index (κ1) is 20.2. The number of halogens is 3. The van der Waals surface area contributed by atoms with Crippen molar-refractivity contribution in [3.05, 3.63) is 29.8 Å². The highest BCUT2D eigenvalue weighted by atomic mass is 19.4. The van der Waals surface area contributed by atoms with Crippen molar-refractivity contribution in [1.29, 1.82) is 0 Å². The molecule has 0 radical (unpaired) electrons. The molecule has 3 saturated heterocycles. The second kappa shape index (κ2) is 6.99. The van der Waals surface area contributed by atoms with Crippen LogP contribution >= 0.6 is 0 Å². The first-order chi connectivity index (χ1) is 14.1. The fourth-order valence-electron chi connectivity index (χ4n) is 4.22. The van der Waals surface area contributed by atoms with E-state index in [1.807, 2.05) is 0 Å². The van der Waals surface area contributed by atoms with Crippen LogP contribution in [0.15, 0.2) is 24.3 Å². The van der Waals surface area contributed by atoms with Crippen molar-refractivity contribution >= 4 is 29.4 Å². The Morgan fingerprint density at radius 1 is 1.13 bits per heavy atom. The standard InChI is InChI=1S/C19H19F3N4O4/c20-19(21,22)12-2-1-3-13(9-12)26-10-11(8-14(26)27)15(28)25-6-4-18(5-7-25)16(29)23-17(30)24-18/h1-3,9,11H,4-8,10H2,(H2,23,24,29,30)/t11-/m0/s1. The summed E-state index contributed by atoms with van der Waals surface area (Å²) < 4.78 is 38.9. The molecule has 3 aliphatic heterocycles. The van der Waals surface area contributed by atoms with E-state index in [2.05, 4.69) is 10.6 Å². The highest BCUT2D eigenvalue weighted by molar-refractivity contribution is 6.07. The quantitative estimate of drug-likeness (QED) is 0.699. The van der Waals surface area contributed by atoms with E-state index in [0.717, 1.165) is 12.1 Å². The average molecular weight is 424 g/mol. The number of alkyl halides is 3. The molecule has 3 fully saturated rings. The Labute approximate surface area is 169 Å². The SMILES string of the molecule is O=C1NC(=O)C2(CCN(C(=O)[C@H]3CC(=O)N(c4cccc(C(F)(F)F)c4)C3)CC2)N1. The van der Waals surface area contributed by atoms with Gasteiger partial charge in [-0.1, -0.05) is 6.07 Å². The number of nitrogens with one attached hydrogen (secondary N) is 2. The predicted octanol–water partition coefficient (Wildman–Crippen LogP) is 1.26. The van der Waals surface area contributed by atoms with Gasteiger partial charge >= 0.3 is 12.2 Å². The van der Waals surface area contributed by atoms with Gasteiger partial charge in [0.25, 0.3) is 5.91 Å². The van der Waals surface area contributed by atoms with Crippen molar-refractivity contribution in [3.8, 4) is 0 Å². The zero-order valence-corrected chi connectivity index (χ0v) is 15.8. The number of carbonyl (C=O) groups is 4. The minimum Gasteiger partial charge on any atom is -0.342 e. The summed E-state index contributed by atoms with van der Waals surface area (Å²) in [5, 5.41) is 4.81. The van der Waals surface area contributed by atoms with Crippen LogP contribution in [0, 0.1) is 5.92 Å². The lowest BCUT2D eigenvalue weighted by Crippen LogP contribution is -2.56. The normalized spacial score (nSPS) is 23.7. The number of benzene rings is 1. The molecular weight excluding hydrogens is 405 g/mol. The maximum atomic E-state index is 13.0. The largest absolute Gasteiger partial charge is 0.416 e. The molecule has 160 valence electrons. The third kappa shape index (κ3) is 3.48. The van der Waals surface area contributed by atoms with Gasteiger partial charge in [-0.3, -0.25) is 19.7 Å². The van der Waals surface area contributed by atoms with E-state index >= 15 is 0 Å². The highest BCUT2D eigenvalue weighted by Gasteiger charge is 2.49. The monoisotopic (exact) mass is 424 g/mol. The van der Waals surface area contributed by atoms with Gasteiger partial charge in [0.2, 0.25) is 11.8 Å². The number of likely N-dealkylation sites (tertiary alicyclic amines) is 1. The Kier molecular flexibility index (Phi) is 4.70. The van der Waals surface area contributed by atoms with Crippen molar-refractivity contribution in [1.82, 2.24) is 15.5 Å². The van der Waals surface area contributed by atoms with Crippen molar-refractivity contribution in [2.45, 2.75) is 31.0 Å². The molecule has 0 unspecified atom stereocenters. The molecule has 0 aromatic heterocycles. The second-order valence-corrected chi connectivity index (χ2v) is 7.77. The highest BCUT2D eigenvalue weighted by Crippen LogP contribution is 2.34. The topological polar surface area (TPSA) is 98.8 Å². The van der Waals surface area contributed by atoms with Crippen LogP contribution in [0.25, 0.3) is 0 Å². The fraction of sp³-hybridized carbons (Fsp3) is 0.474. The molecule has 1 aromatic carbocycles. The maximum Gasteiger partial charge on any atom is 0.416 e. The first-order valence-electron chi connectivity index (χ1n) is 9.49. The summed E-state index contributed by atoms with van der Waals surface area (Å²) in [6.07, 6.45) is -4.10. The van der Waals surface area contributed by atoms with Crippen LogP contribution in [-0.2, 0) is 20.6 Å². The Balaban J connectivity index is 1.42. The van der Waals surface area contributed by atoms with Crippen molar-refractivity contribution in [2.75, 3.05) is 24.5 Å². The van der Waals surface area contributed by atoms with Gasteiger partial charge in [0.15, 0.2) is 0 Å². The number of imide groups is 1. The van der Waals surface area contributed by atoms with Gasteiger partial charge in [0.1, 0.15) is 5.54 Å². The predicted molar refractivity (Wildman–Crippen MR) is 97.1 cm³/mol. The summed E-state index contributed by atoms with van der Waals surface area (Å²) in [6, 6.07) is 3.90. The number of urea groups is 1. The number of amides is 5. The second-order valence-electron chi connectivity index (χ2n) is 7.77. The van der Waals surface area contributed by atoms with Gasteiger partial charge in [-0.05, 0) is 31.0 Å². The van der Waals surface area contributed by atoms with E-state index in [1.54, 1.807) is 0 Å². The molecule has 0 bridgehead atoms. The number of hydrogen-bond donors (Lipinski definition) is 2. The summed E-state index contributed by atoms with van der Waals surface area (Å²) in [7, 11) is 0. The Morgan fingerprint density at radius 2 is 1.83 bits per heavy atom. The van der Waals surface area contributed by atoms with E-state index in [1.165, 1.54) is 21.9 Å². The molecule has 1 spiro atoms. The lowest BCUT2D eigenvalue weighted by atomic mass is 9.87. The van der Waals surface area contributed by atoms with Gasteiger partial charge in [0, 0.05) is 31.7 Å². The van der Waals surface area contributed by atoms with Gasteiger partial charge < -0.3 is 15.1 Å². The minimum atomic E-state index is -4.53. The number of anilines is 1. The van der Waals surface area contributed by atoms with Crippen LogP contribution in [0.5, 0.6) is 0 Å². The van der Waals surface area contributed by atoms with E-state index in [-0.39, 0.29) is 50.5 Å². The summed E-state index contributed by atoms with van der Waals surface area (Å²) in [5.74, 6) is -1.78. The summed E-state index contributed by atoms with van der Waals surface area (Å²) in [6.45, 7) is 0.472. The van der Waals surface area contributed by atoms with Crippen LogP contribution in [0.4, 0.5) is 23.7 Å².